The van der Waals surface area contributed by atoms with E-state index in [1.165, 1.54) is 43.4 Å². The monoisotopic (exact) mass is 429 g/mol. The van der Waals surface area contributed by atoms with Gasteiger partial charge in [-0.15, -0.1) is 23.5 Å². The number of unbranched alkanes of at least 4 members (excludes halogenated alkanes) is 2. The highest BCUT2D eigenvalue weighted by atomic mass is 32.2. The van der Waals surface area contributed by atoms with Crippen LogP contribution in [0.25, 0.3) is 0 Å². The summed E-state index contributed by atoms with van der Waals surface area (Å²) >= 11 is 3.82. The van der Waals surface area contributed by atoms with Gasteiger partial charge in [-0.2, -0.15) is 0 Å². The fourth-order valence-electron chi connectivity index (χ4n) is 3.86. The van der Waals surface area contributed by atoms with Crippen LogP contribution in [0.1, 0.15) is 63.2 Å². The van der Waals surface area contributed by atoms with Gasteiger partial charge in [-0.25, -0.2) is 0 Å². The van der Waals surface area contributed by atoms with Gasteiger partial charge in [-0.05, 0) is 54.0 Å². The summed E-state index contributed by atoms with van der Waals surface area (Å²) in [6.45, 7) is 6.76. The van der Waals surface area contributed by atoms with Gasteiger partial charge in [0, 0.05) is 18.8 Å². The number of aliphatic hydroxyl groups excluding tert-OH is 1. The lowest BCUT2D eigenvalue weighted by atomic mass is 9.99. The van der Waals surface area contributed by atoms with Crippen LogP contribution in [0.4, 0.5) is 5.69 Å². The summed E-state index contributed by atoms with van der Waals surface area (Å²) in [5.41, 5.74) is 3.55. The second kappa shape index (κ2) is 11.3. The van der Waals surface area contributed by atoms with E-state index in [0.29, 0.717) is 0 Å². The Kier molecular flexibility index (Phi) is 8.83. The average molecular weight is 430 g/mol. The zero-order chi connectivity index (χ0) is 20.5. The minimum Gasteiger partial charge on any atom is -0.386 e. The number of rotatable bonds is 10. The number of hydrogen-bond donors (Lipinski definition) is 1. The normalized spacial score (nSPS) is 17.1. The zero-order valence-corrected chi connectivity index (χ0v) is 19.5. The maximum absolute atomic E-state index is 11.4. The predicted octanol–water partition coefficient (Wildman–Crippen LogP) is 6.85. The van der Waals surface area contributed by atoms with Gasteiger partial charge >= 0.3 is 0 Å². The molecule has 2 aromatic carbocycles. The van der Waals surface area contributed by atoms with Crippen molar-refractivity contribution in [1.29, 1.82) is 0 Å². The SMILES string of the molecule is CCCCN(CCCC)c1ccc(C2(C(O)c3ccccc3)SCCCS2)cc1. The van der Waals surface area contributed by atoms with Crippen molar-refractivity contribution in [1.82, 2.24) is 0 Å². The number of anilines is 1. The number of hydrogen-bond acceptors (Lipinski definition) is 4. The molecule has 0 aromatic heterocycles. The van der Waals surface area contributed by atoms with E-state index in [4.69, 9.17) is 0 Å². The smallest absolute Gasteiger partial charge is 0.116 e. The van der Waals surface area contributed by atoms with Crippen LogP contribution in [0.2, 0.25) is 0 Å². The van der Waals surface area contributed by atoms with E-state index < -0.39 is 6.10 Å². The standard InChI is InChI=1S/C25H35NOS2/c1-3-5-17-26(18-6-4-2)23-15-13-22(14-16-23)25(28-19-10-20-29-25)24(27)21-11-8-7-9-12-21/h7-9,11-16,24,27H,3-6,10,17-20H2,1-2H3. The number of benzene rings is 2. The third-order valence-corrected chi connectivity index (χ3v) is 9.06. The molecular formula is C25H35NOS2. The van der Waals surface area contributed by atoms with Crippen molar-refractivity contribution < 1.29 is 5.11 Å². The van der Waals surface area contributed by atoms with Crippen LogP contribution in [0, 0.1) is 0 Å². The Balaban J connectivity index is 1.87. The van der Waals surface area contributed by atoms with Gasteiger partial charge in [0.1, 0.15) is 10.2 Å². The molecule has 3 rings (SSSR count). The van der Waals surface area contributed by atoms with E-state index in [-0.39, 0.29) is 4.08 Å². The van der Waals surface area contributed by atoms with Crippen molar-refractivity contribution in [3.8, 4) is 0 Å². The molecule has 0 spiro atoms. The molecule has 1 saturated heterocycles. The van der Waals surface area contributed by atoms with Gasteiger partial charge < -0.3 is 10.0 Å². The van der Waals surface area contributed by atoms with E-state index in [0.717, 1.165) is 30.2 Å². The van der Waals surface area contributed by atoms with Crippen molar-refractivity contribution in [3.63, 3.8) is 0 Å². The molecule has 1 N–H and O–H groups in total. The van der Waals surface area contributed by atoms with Crippen LogP contribution >= 0.6 is 23.5 Å². The molecule has 1 unspecified atom stereocenters. The molecule has 2 aromatic rings. The second-order valence-electron chi connectivity index (χ2n) is 7.77. The van der Waals surface area contributed by atoms with Gasteiger partial charge in [-0.1, -0.05) is 69.2 Å². The summed E-state index contributed by atoms with van der Waals surface area (Å²) in [6.07, 6.45) is 5.60. The van der Waals surface area contributed by atoms with Crippen molar-refractivity contribution in [2.24, 2.45) is 0 Å². The quantitative estimate of drug-likeness (QED) is 0.446. The van der Waals surface area contributed by atoms with Crippen LogP contribution in [0.5, 0.6) is 0 Å². The first-order valence-corrected chi connectivity index (χ1v) is 13.0. The van der Waals surface area contributed by atoms with E-state index >= 15 is 0 Å². The molecular weight excluding hydrogens is 394 g/mol. The molecule has 0 aliphatic carbocycles. The molecule has 0 bridgehead atoms. The molecule has 158 valence electrons. The molecule has 0 saturated carbocycles. The fraction of sp³-hybridized carbons (Fsp3) is 0.520. The molecule has 2 nitrogen and oxygen atoms in total. The Bertz CT molecular complexity index is 705. The lowest BCUT2D eigenvalue weighted by molar-refractivity contribution is 0.163. The molecule has 1 heterocycles. The Morgan fingerprint density at radius 2 is 1.48 bits per heavy atom. The highest BCUT2D eigenvalue weighted by Crippen LogP contribution is 2.57. The second-order valence-corrected chi connectivity index (χ2v) is 10.7. The molecule has 1 aliphatic rings. The molecule has 0 radical (unpaired) electrons. The van der Waals surface area contributed by atoms with E-state index in [2.05, 4.69) is 43.0 Å². The predicted molar refractivity (Wildman–Crippen MR) is 131 cm³/mol. The first-order chi connectivity index (χ1) is 14.2. The van der Waals surface area contributed by atoms with E-state index in [1.807, 2.05) is 53.9 Å². The molecule has 1 fully saturated rings. The van der Waals surface area contributed by atoms with Crippen LogP contribution in [-0.4, -0.2) is 29.7 Å². The molecule has 1 aliphatic heterocycles. The largest absolute Gasteiger partial charge is 0.386 e. The number of aliphatic hydroxyl groups is 1. The fourth-order valence-corrected chi connectivity index (χ4v) is 7.25. The van der Waals surface area contributed by atoms with E-state index in [9.17, 15) is 5.11 Å². The average Bonchev–Trinajstić information content (AvgIpc) is 2.80. The Morgan fingerprint density at radius 3 is 2.03 bits per heavy atom. The molecule has 0 amide bonds. The van der Waals surface area contributed by atoms with Crippen LogP contribution < -0.4 is 4.90 Å². The third-order valence-electron chi connectivity index (χ3n) is 5.59. The molecule has 29 heavy (non-hydrogen) atoms. The van der Waals surface area contributed by atoms with Crippen LogP contribution in [0.15, 0.2) is 54.6 Å². The maximum atomic E-state index is 11.4. The third kappa shape index (κ3) is 5.53. The summed E-state index contributed by atoms with van der Waals surface area (Å²) in [7, 11) is 0. The van der Waals surface area contributed by atoms with Gasteiger partial charge in [0.15, 0.2) is 0 Å². The highest BCUT2D eigenvalue weighted by molar-refractivity contribution is 8.18. The van der Waals surface area contributed by atoms with Gasteiger partial charge in [-0.3, -0.25) is 0 Å². The van der Waals surface area contributed by atoms with Crippen molar-refractivity contribution in [3.05, 3.63) is 65.7 Å². The summed E-state index contributed by atoms with van der Waals surface area (Å²) in [4.78, 5) is 2.53. The Labute approximate surface area is 185 Å². The summed E-state index contributed by atoms with van der Waals surface area (Å²) in [6, 6.07) is 19.2. The van der Waals surface area contributed by atoms with E-state index in [1.54, 1.807) is 0 Å². The minimum absolute atomic E-state index is 0.324. The van der Waals surface area contributed by atoms with Gasteiger partial charge in [0.25, 0.3) is 0 Å². The molecule has 1 atom stereocenters. The topological polar surface area (TPSA) is 23.5 Å². The van der Waals surface area contributed by atoms with Crippen molar-refractivity contribution in [2.75, 3.05) is 29.5 Å². The first-order valence-electron chi connectivity index (χ1n) is 11.1. The van der Waals surface area contributed by atoms with Crippen LogP contribution in [0.3, 0.4) is 0 Å². The lowest BCUT2D eigenvalue weighted by Gasteiger charge is -2.40. The first kappa shape index (κ1) is 22.6. The van der Waals surface area contributed by atoms with Gasteiger partial charge in [0.05, 0.1) is 0 Å². The van der Waals surface area contributed by atoms with Gasteiger partial charge in [0.2, 0.25) is 0 Å². The van der Waals surface area contributed by atoms with Crippen molar-refractivity contribution >= 4 is 29.2 Å². The summed E-state index contributed by atoms with van der Waals surface area (Å²) < 4.78 is -0.324. The summed E-state index contributed by atoms with van der Waals surface area (Å²) in [5, 5.41) is 11.4. The maximum Gasteiger partial charge on any atom is 0.116 e. The number of nitrogens with zero attached hydrogens (tertiary/aromatic N) is 1. The summed E-state index contributed by atoms with van der Waals surface area (Å²) in [5.74, 6) is 2.19. The minimum atomic E-state index is -0.513. The Hall–Kier alpha value is -1.10. The van der Waals surface area contributed by atoms with Crippen molar-refractivity contribution in [2.45, 2.75) is 56.1 Å². The Morgan fingerprint density at radius 1 is 0.897 bits per heavy atom. The van der Waals surface area contributed by atoms with Crippen LogP contribution in [-0.2, 0) is 4.08 Å². The zero-order valence-electron chi connectivity index (χ0n) is 17.8. The number of thioether (sulfide) groups is 2. The molecule has 4 heteroatoms. The highest BCUT2D eigenvalue weighted by Gasteiger charge is 2.43. The lowest BCUT2D eigenvalue weighted by Crippen LogP contribution is -2.31.